The molecule has 0 atom stereocenters. The van der Waals surface area contributed by atoms with Crippen molar-refractivity contribution < 1.29 is 4.74 Å². The number of nitrogens with two attached hydrogens (primary N) is 1. The van der Waals surface area contributed by atoms with Crippen molar-refractivity contribution in [3.05, 3.63) is 0 Å². The summed E-state index contributed by atoms with van der Waals surface area (Å²) in [6.45, 7) is 3.72. The zero-order chi connectivity index (χ0) is 6.69. The summed E-state index contributed by atoms with van der Waals surface area (Å²) < 4.78 is 5.35. The second-order valence-corrected chi connectivity index (χ2v) is 2.65. The summed E-state index contributed by atoms with van der Waals surface area (Å²) in [4.78, 5) is 0. The maximum absolute atomic E-state index is 5.44. The second-order valence-electron chi connectivity index (χ2n) is 2.65. The van der Waals surface area contributed by atoms with E-state index in [1.165, 1.54) is 12.8 Å². The van der Waals surface area contributed by atoms with Crippen LogP contribution in [0.25, 0.3) is 0 Å². The molecule has 54 valence electrons. The van der Waals surface area contributed by atoms with Gasteiger partial charge in [-0.15, -0.1) is 0 Å². The normalized spacial score (nSPS) is 34.0. The van der Waals surface area contributed by atoms with Crippen LogP contribution in [0.5, 0.6) is 0 Å². The predicted octanol–water partition coefficient (Wildman–Crippen LogP) is 0.760. The molecule has 1 saturated carbocycles. The molecular formula is C7H15NO. The first-order valence-corrected chi connectivity index (χ1v) is 3.68. The van der Waals surface area contributed by atoms with Gasteiger partial charge in [-0.1, -0.05) is 0 Å². The van der Waals surface area contributed by atoms with Gasteiger partial charge in [-0.3, -0.25) is 0 Å². The van der Waals surface area contributed by atoms with Gasteiger partial charge in [0.25, 0.3) is 0 Å². The number of hydrogen-bond acceptors (Lipinski definition) is 2. The number of rotatable bonds is 3. The SMILES string of the molecule is CCOC1CC(CN)C1. The lowest BCUT2D eigenvalue weighted by Gasteiger charge is -2.33. The molecule has 2 nitrogen and oxygen atoms in total. The van der Waals surface area contributed by atoms with Gasteiger partial charge in [-0.05, 0) is 32.2 Å². The Morgan fingerprint density at radius 1 is 1.56 bits per heavy atom. The van der Waals surface area contributed by atoms with E-state index >= 15 is 0 Å². The van der Waals surface area contributed by atoms with E-state index in [1.807, 2.05) is 6.92 Å². The molecule has 0 aromatic heterocycles. The molecule has 2 N–H and O–H groups in total. The highest BCUT2D eigenvalue weighted by Crippen LogP contribution is 2.28. The standard InChI is InChI=1S/C7H15NO/c1-2-9-7-3-6(4-7)5-8/h6-7H,2-5,8H2,1H3. The molecule has 0 bridgehead atoms. The monoisotopic (exact) mass is 129 g/mol. The minimum Gasteiger partial charge on any atom is -0.378 e. The lowest BCUT2D eigenvalue weighted by atomic mass is 9.82. The number of hydrogen-bond donors (Lipinski definition) is 1. The van der Waals surface area contributed by atoms with Crippen LogP contribution in [-0.2, 0) is 4.74 Å². The van der Waals surface area contributed by atoms with Crippen LogP contribution in [-0.4, -0.2) is 19.3 Å². The third kappa shape index (κ3) is 1.66. The van der Waals surface area contributed by atoms with Gasteiger partial charge in [0.15, 0.2) is 0 Å². The molecule has 0 radical (unpaired) electrons. The van der Waals surface area contributed by atoms with Crippen molar-refractivity contribution in [3.63, 3.8) is 0 Å². The Morgan fingerprint density at radius 3 is 2.67 bits per heavy atom. The second kappa shape index (κ2) is 3.18. The van der Waals surface area contributed by atoms with Crippen LogP contribution in [0.3, 0.4) is 0 Å². The van der Waals surface area contributed by atoms with Crippen LogP contribution in [0.15, 0.2) is 0 Å². The smallest absolute Gasteiger partial charge is 0.0581 e. The predicted molar refractivity (Wildman–Crippen MR) is 37.2 cm³/mol. The summed E-state index contributed by atoms with van der Waals surface area (Å²) in [5, 5.41) is 0. The van der Waals surface area contributed by atoms with E-state index in [1.54, 1.807) is 0 Å². The largest absolute Gasteiger partial charge is 0.378 e. The Bertz CT molecular complexity index is 79.0. The molecule has 0 spiro atoms. The van der Waals surface area contributed by atoms with E-state index < -0.39 is 0 Å². The Labute approximate surface area is 56.4 Å². The van der Waals surface area contributed by atoms with Gasteiger partial charge in [0.05, 0.1) is 6.10 Å². The highest BCUT2D eigenvalue weighted by molar-refractivity contribution is 4.80. The van der Waals surface area contributed by atoms with Crippen LogP contribution in [0.4, 0.5) is 0 Å². The van der Waals surface area contributed by atoms with Gasteiger partial charge in [-0.25, -0.2) is 0 Å². The molecule has 9 heavy (non-hydrogen) atoms. The van der Waals surface area contributed by atoms with Gasteiger partial charge in [0.1, 0.15) is 0 Å². The Hall–Kier alpha value is -0.0800. The molecule has 0 amide bonds. The van der Waals surface area contributed by atoms with E-state index in [9.17, 15) is 0 Å². The van der Waals surface area contributed by atoms with E-state index in [4.69, 9.17) is 10.5 Å². The first-order chi connectivity index (χ1) is 4.36. The van der Waals surface area contributed by atoms with Crippen molar-refractivity contribution in [2.45, 2.75) is 25.9 Å². The molecule has 0 aliphatic heterocycles. The molecule has 0 saturated heterocycles. The zero-order valence-corrected chi connectivity index (χ0v) is 5.97. The summed E-state index contributed by atoms with van der Waals surface area (Å²) in [5.74, 6) is 0.751. The Morgan fingerprint density at radius 2 is 2.22 bits per heavy atom. The maximum Gasteiger partial charge on any atom is 0.0581 e. The van der Waals surface area contributed by atoms with Crippen LogP contribution in [0.2, 0.25) is 0 Å². The van der Waals surface area contributed by atoms with Crippen LogP contribution >= 0.6 is 0 Å². The third-order valence-corrected chi connectivity index (χ3v) is 1.93. The van der Waals surface area contributed by atoms with Gasteiger partial charge in [0.2, 0.25) is 0 Å². The maximum atomic E-state index is 5.44. The molecule has 1 aliphatic rings. The highest BCUT2D eigenvalue weighted by Gasteiger charge is 2.27. The molecule has 1 aliphatic carbocycles. The van der Waals surface area contributed by atoms with E-state index in [0.29, 0.717) is 6.10 Å². The quantitative estimate of drug-likeness (QED) is 0.610. The number of ether oxygens (including phenoxy) is 1. The minimum absolute atomic E-state index is 0.531. The van der Waals surface area contributed by atoms with Gasteiger partial charge in [-0.2, -0.15) is 0 Å². The fourth-order valence-electron chi connectivity index (χ4n) is 1.24. The summed E-state index contributed by atoms with van der Waals surface area (Å²) >= 11 is 0. The van der Waals surface area contributed by atoms with E-state index in [-0.39, 0.29) is 0 Å². The molecule has 1 fully saturated rings. The molecule has 0 unspecified atom stereocenters. The molecule has 0 aromatic rings. The molecule has 1 rings (SSSR count). The molecule has 0 aromatic carbocycles. The summed E-state index contributed by atoms with van der Waals surface area (Å²) in [7, 11) is 0. The lowest BCUT2D eigenvalue weighted by Crippen LogP contribution is -2.35. The summed E-state index contributed by atoms with van der Waals surface area (Å²) in [6.07, 6.45) is 2.90. The van der Waals surface area contributed by atoms with Gasteiger partial charge in [0, 0.05) is 6.61 Å². The van der Waals surface area contributed by atoms with Crippen molar-refractivity contribution in [3.8, 4) is 0 Å². The Balaban J connectivity index is 1.98. The lowest BCUT2D eigenvalue weighted by molar-refractivity contribution is -0.0216. The van der Waals surface area contributed by atoms with Crippen molar-refractivity contribution in [1.29, 1.82) is 0 Å². The Kier molecular flexibility index (Phi) is 2.49. The highest BCUT2D eigenvalue weighted by atomic mass is 16.5. The zero-order valence-electron chi connectivity index (χ0n) is 5.97. The fraction of sp³-hybridized carbons (Fsp3) is 1.00. The van der Waals surface area contributed by atoms with Crippen molar-refractivity contribution in [1.82, 2.24) is 0 Å². The average molecular weight is 129 g/mol. The van der Waals surface area contributed by atoms with E-state index in [2.05, 4.69) is 0 Å². The molecule has 0 heterocycles. The first kappa shape index (κ1) is 7.03. The van der Waals surface area contributed by atoms with Crippen molar-refractivity contribution in [2.75, 3.05) is 13.2 Å². The van der Waals surface area contributed by atoms with Crippen LogP contribution in [0, 0.1) is 5.92 Å². The van der Waals surface area contributed by atoms with Gasteiger partial charge >= 0.3 is 0 Å². The molecule has 2 heteroatoms. The van der Waals surface area contributed by atoms with Crippen LogP contribution < -0.4 is 5.73 Å². The summed E-state index contributed by atoms with van der Waals surface area (Å²) in [6, 6.07) is 0. The minimum atomic E-state index is 0.531. The van der Waals surface area contributed by atoms with Crippen molar-refractivity contribution >= 4 is 0 Å². The topological polar surface area (TPSA) is 35.2 Å². The average Bonchev–Trinajstić information content (AvgIpc) is 1.77. The molecular weight excluding hydrogens is 114 g/mol. The van der Waals surface area contributed by atoms with E-state index in [0.717, 1.165) is 19.1 Å². The third-order valence-electron chi connectivity index (χ3n) is 1.93. The first-order valence-electron chi connectivity index (χ1n) is 3.68. The van der Waals surface area contributed by atoms with Gasteiger partial charge < -0.3 is 10.5 Å². The van der Waals surface area contributed by atoms with Crippen molar-refractivity contribution in [2.24, 2.45) is 11.7 Å². The summed E-state index contributed by atoms with van der Waals surface area (Å²) in [5.41, 5.74) is 5.44. The van der Waals surface area contributed by atoms with Crippen LogP contribution in [0.1, 0.15) is 19.8 Å². The fourth-order valence-corrected chi connectivity index (χ4v) is 1.24.